The van der Waals surface area contributed by atoms with Crippen LogP contribution in [0.5, 0.6) is 0 Å². The molecule has 1 aliphatic rings. The molecule has 1 N–H and O–H groups in total. The van der Waals surface area contributed by atoms with Crippen molar-refractivity contribution in [2.75, 3.05) is 43.4 Å². The van der Waals surface area contributed by atoms with Crippen LogP contribution in [0.25, 0.3) is 10.2 Å². The van der Waals surface area contributed by atoms with Crippen LogP contribution in [0.3, 0.4) is 0 Å². The van der Waals surface area contributed by atoms with Crippen molar-refractivity contribution in [3.63, 3.8) is 0 Å². The molecule has 0 spiro atoms. The Hall–Kier alpha value is -2.18. The highest BCUT2D eigenvalue weighted by Gasteiger charge is 2.14. The van der Waals surface area contributed by atoms with Crippen LogP contribution in [0.1, 0.15) is 11.8 Å². The third kappa shape index (κ3) is 3.45. The second-order valence-corrected chi connectivity index (χ2v) is 7.58. The van der Waals surface area contributed by atoms with Crippen molar-refractivity contribution < 1.29 is 0 Å². The molecule has 25 heavy (non-hydrogen) atoms. The van der Waals surface area contributed by atoms with E-state index in [0.29, 0.717) is 0 Å². The van der Waals surface area contributed by atoms with Gasteiger partial charge in [0, 0.05) is 42.4 Å². The molecule has 0 atom stereocenters. The minimum atomic E-state index is 0.883. The smallest absolute Gasteiger partial charge is 0.142 e. The van der Waals surface area contributed by atoms with Crippen LogP contribution in [-0.2, 0) is 6.42 Å². The lowest BCUT2D eigenvalue weighted by Gasteiger charge is -2.34. The Morgan fingerprint density at radius 3 is 2.56 bits per heavy atom. The summed E-state index contributed by atoms with van der Waals surface area (Å²) < 4.78 is 0. The maximum atomic E-state index is 4.44. The Balaban J connectivity index is 1.52. The molecule has 0 radical (unpaired) electrons. The highest BCUT2D eigenvalue weighted by molar-refractivity contribution is 7.18. The molecule has 6 heteroatoms. The van der Waals surface area contributed by atoms with Crippen LogP contribution in [0, 0.1) is 0 Å². The molecule has 0 bridgehead atoms. The average Bonchev–Trinajstić information content (AvgIpc) is 3.08. The predicted octanol–water partition coefficient (Wildman–Crippen LogP) is 3.75. The molecule has 0 aliphatic carbocycles. The SMILES string of the molecule is CCc1cc2c(Nc3ccc(N4CCN(C)CC4)cc3)ncnc2s1. The summed E-state index contributed by atoms with van der Waals surface area (Å²) >= 11 is 1.74. The Kier molecular flexibility index (Phi) is 4.55. The number of fused-ring (bicyclic) bond motifs is 1. The monoisotopic (exact) mass is 353 g/mol. The molecule has 1 aromatic carbocycles. The summed E-state index contributed by atoms with van der Waals surface area (Å²) in [6.07, 6.45) is 2.67. The fourth-order valence-electron chi connectivity index (χ4n) is 3.14. The minimum Gasteiger partial charge on any atom is -0.369 e. The minimum absolute atomic E-state index is 0.883. The van der Waals surface area contributed by atoms with E-state index in [1.54, 1.807) is 17.7 Å². The molecular weight excluding hydrogens is 330 g/mol. The van der Waals surface area contributed by atoms with Crippen molar-refractivity contribution in [2.45, 2.75) is 13.3 Å². The van der Waals surface area contributed by atoms with Gasteiger partial charge in [0.25, 0.3) is 0 Å². The van der Waals surface area contributed by atoms with Crippen molar-refractivity contribution in [3.8, 4) is 0 Å². The van der Waals surface area contributed by atoms with Gasteiger partial charge in [-0.05, 0) is 43.8 Å². The normalized spacial score (nSPS) is 15.7. The van der Waals surface area contributed by atoms with Crippen molar-refractivity contribution >= 4 is 38.7 Å². The number of nitrogens with zero attached hydrogens (tertiary/aromatic N) is 4. The predicted molar refractivity (Wildman–Crippen MR) is 106 cm³/mol. The summed E-state index contributed by atoms with van der Waals surface area (Å²) in [4.78, 5) is 16.0. The van der Waals surface area contributed by atoms with Gasteiger partial charge in [-0.25, -0.2) is 9.97 Å². The number of nitrogens with one attached hydrogen (secondary N) is 1. The lowest BCUT2D eigenvalue weighted by molar-refractivity contribution is 0.313. The highest BCUT2D eigenvalue weighted by Crippen LogP contribution is 2.30. The van der Waals surface area contributed by atoms with Gasteiger partial charge in [-0.1, -0.05) is 6.92 Å². The van der Waals surface area contributed by atoms with E-state index in [0.717, 1.165) is 54.3 Å². The number of rotatable bonds is 4. The number of aromatic nitrogens is 2. The molecule has 4 rings (SSSR count). The van der Waals surface area contributed by atoms with Crippen LogP contribution < -0.4 is 10.2 Å². The van der Waals surface area contributed by atoms with Crippen LogP contribution in [0.2, 0.25) is 0 Å². The van der Waals surface area contributed by atoms with E-state index < -0.39 is 0 Å². The molecule has 130 valence electrons. The fraction of sp³-hybridized carbons (Fsp3) is 0.368. The zero-order valence-corrected chi connectivity index (χ0v) is 15.5. The van der Waals surface area contributed by atoms with Crippen LogP contribution in [0.15, 0.2) is 36.7 Å². The van der Waals surface area contributed by atoms with Gasteiger partial charge in [-0.2, -0.15) is 0 Å². The van der Waals surface area contributed by atoms with Gasteiger partial charge >= 0.3 is 0 Å². The zero-order chi connectivity index (χ0) is 17.2. The summed E-state index contributed by atoms with van der Waals surface area (Å²) in [6, 6.07) is 10.8. The van der Waals surface area contributed by atoms with Gasteiger partial charge in [-0.3, -0.25) is 0 Å². The number of anilines is 3. The van der Waals surface area contributed by atoms with Gasteiger partial charge in [0.1, 0.15) is 17.0 Å². The number of piperazine rings is 1. The van der Waals surface area contributed by atoms with E-state index in [2.05, 4.69) is 69.4 Å². The van der Waals surface area contributed by atoms with Crippen LogP contribution in [-0.4, -0.2) is 48.1 Å². The largest absolute Gasteiger partial charge is 0.369 e. The van der Waals surface area contributed by atoms with E-state index >= 15 is 0 Å². The lowest BCUT2D eigenvalue weighted by Crippen LogP contribution is -2.44. The zero-order valence-electron chi connectivity index (χ0n) is 14.7. The van der Waals surface area contributed by atoms with Gasteiger partial charge in [-0.15, -0.1) is 11.3 Å². The molecule has 0 saturated carbocycles. The van der Waals surface area contributed by atoms with E-state index in [4.69, 9.17) is 0 Å². The maximum absolute atomic E-state index is 4.44. The standard InChI is InChI=1S/C19H23N5S/c1-3-16-12-17-18(20-13-21-19(17)25-16)22-14-4-6-15(7-5-14)24-10-8-23(2)9-11-24/h4-7,12-13H,3,8-11H2,1-2H3,(H,20,21,22). The number of likely N-dealkylation sites (N-methyl/N-ethyl adjacent to an activating group) is 1. The lowest BCUT2D eigenvalue weighted by atomic mass is 10.2. The number of thiophene rings is 1. The Labute approximate surface area is 152 Å². The quantitative estimate of drug-likeness (QED) is 0.774. The number of hydrogen-bond acceptors (Lipinski definition) is 6. The first-order valence-electron chi connectivity index (χ1n) is 8.77. The fourth-order valence-corrected chi connectivity index (χ4v) is 4.07. The molecule has 1 fully saturated rings. The van der Waals surface area contributed by atoms with Crippen LogP contribution >= 0.6 is 11.3 Å². The first-order chi connectivity index (χ1) is 12.2. The summed E-state index contributed by atoms with van der Waals surface area (Å²) in [5.41, 5.74) is 2.34. The van der Waals surface area contributed by atoms with Gasteiger partial charge < -0.3 is 15.1 Å². The Morgan fingerprint density at radius 2 is 1.84 bits per heavy atom. The summed E-state index contributed by atoms with van der Waals surface area (Å²) in [6.45, 7) is 6.59. The summed E-state index contributed by atoms with van der Waals surface area (Å²) in [5, 5.41) is 4.55. The first-order valence-corrected chi connectivity index (χ1v) is 9.58. The Morgan fingerprint density at radius 1 is 1.08 bits per heavy atom. The van der Waals surface area contributed by atoms with Crippen molar-refractivity contribution in [1.29, 1.82) is 0 Å². The maximum Gasteiger partial charge on any atom is 0.142 e. The third-order valence-corrected chi connectivity index (χ3v) is 5.91. The van der Waals surface area contributed by atoms with E-state index in [9.17, 15) is 0 Å². The van der Waals surface area contributed by atoms with E-state index in [1.807, 2.05) is 0 Å². The average molecular weight is 353 g/mol. The van der Waals surface area contributed by atoms with Crippen LogP contribution in [0.4, 0.5) is 17.2 Å². The summed E-state index contributed by atoms with van der Waals surface area (Å²) in [7, 11) is 2.18. The summed E-state index contributed by atoms with van der Waals surface area (Å²) in [5.74, 6) is 0.883. The third-order valence-electron chi connectivity index (χ3n) is 4.73. The second-order valence-electron chi connectivity index (χ2n) is 6.47. The van der Waals surface area contributed by atoms with Crippen molar-refractivity contribution in [2.24, 2.45) is 0 Å². The van der Waals surface area contributed by atoms with Gasteiger partial charge in [0.2, 0.25) is 0 Å². The van der Waals surface area contributed by atoms with E-state index in [1.165, 1.54) is 10.6 Å². The van der Waals surface area contributed by atoms with E-state index in [-0.39, 0.29) is 0 Å². The molecule has 5 nitrogen and oxygen atoms in total. The number of hydrogen-bond donors (Lipinski definition) is 1. The molecule has 2 aromatic heterocycles. The number of benzene rings is 1. The highest BCUT2D eigenvalue weighted by atomic mass is 32.1. The molecule has 0 amide bonds. The van der Waals surface area contributed by atoms with Crippen molar-refractivity contribution in [1.82, 2.24) is 14.9 Å². The van der Waals surface area contributed by atoms with Crippen molar-refractivity contribution in [3.05, 3.63) is 41.5 Å². The molecule has 3 aromatic rings. The second kappa shape index (κ2) is 6.98. The van der Waals surface area contributed by atoms with Gasteiger partial charge in [0.05, 0.1) is 5.39 Å². The molecule has 1 saturated heterocycles. The topological polar surface area (TPSA) is 44.3 Å². The molecule has 0 unspecified atom stereocenters. The Bertz CT molecular complexity index is 850. The molecule has 1 aliphatic heterocycles. The molecular formula is C19H23N5S. The van der Waals surface area contributed by atoms with Gasteiger partial charge in [0.15, 0.2) is 0 Å². The molecule has 3 heterocycles. The first kappa shape index (κ1) is 16.3. The number of aryl methyl sites for hydroxylation is 1.